The zero-order valence-electron chi connectivity index (χ0n) is 13.3. The first-order valence-corrected chi connectivity index (χ1v) is 8.38. The highest BCUT2D eigenvalue weighted by Crippen LogP contribution is 2.35. The fourth-order valence-corrected chi connectivity index (χ4v) is 2.77. The summed E-state index contributed by atoms with van der Waals surface area (Å²) in [6, 6.07) is 4.08. The maximum absolute atomic E-state index is 11.9. The lowest BCUT2D eigenvalue weighted by molar-refractivity contribution is -0.122. The van der Waals surface area contributed by atoms with E-state index in [4.69, 9.17) is 9.47 Å². The Hall–Kier alpha value is -1.27. The number of benzene rings is 1. The number of ether oxygens (including phenoxy) is 2. The van der Waals surface area contributed by atoms with Gasteiger partial charge in [0.05, 0.1) is 6.54 Å². The molecule has 0 aliphatic carbocycles. The van der Waals surface area contributed by atoms with Crippen molar-refractivity contribution in [3.05, 3.63) is 22.2 Å². The molecule has 0 bridgehead atoms. The second-order valence-electron chi connectivity index (χ2n) is 5.61. The normalized spacial score (nSPS) is 13.5. The van der Waals surface area contributed by atoms with E-state index in [1.54, 1.807) is 0 Å². The van der Waals surface area contributed by atoms with Crippen LogP contribution in [-0.4, -0.2) is 43.2 Å². The van der Waals surface area contributed by atoms with Crippen LogP contribution in [0.2, 0.25) is 0 Å². The highest BCUT2D eigenvalue weighted by atomic mass is 79.9. The standard InChI is InChI=1S/C16H23BrN2O3/c1-4-19(10-16(20)18-11(2)3)9-12-7-14-15(8-13(12)17)22-6-5-21-14/h7-8,11H,4-6,9-10H2,1-3H3,(H,18,20). The first kappa shape index (κ1) is 17.1. The third-order valence-corrected chi connectivity index (χ3v) is 4.11. The van der Waals surface area contributed by atoms with E-state index in [9.17, 15) is 4.79 Å². The lowest BCUT2D eigenvalue weighted by atomic mass is 10.1. The molecule has 0 saturated heterocycles. The van der Waals surface area contributed by atoms with Gasteiger partial charge in [-0.25, -0.2) is 0 Å². The summed E-state index contributed by atoms with van der Waals surface area (Å²) < 4.78 is 12.2. The Balaban J connectivity index is 2.05. The number of hydrogen-bond donors (Lipinski definition) is 1. The average molecular weight is 371 g/mol. The SMILES string of the molecule is CCN(CC(=O)NC(C)C)Cc1cc2c(cc1Br)OCCO2. The van der Waals surface area contributed by atoms with Gasteiger partial charge in [-0.15, -0.1) is 0 Å². The highest BCUT2D eigenvalue weighted by molar-refractivity contribution is 9.10. The number of nitrogens with zero attached hydrogens (tertiary/aromatic N) is 1. The van der Waals surface area contributed by atoms with Crippen LogP contribution in [0, 0.1) is 0 Å². The molecule has 1 aliphatic heterocycles. The van der Waals surface area contributed by atoms with Crippen molar-refractivity contribution in [2.24, 2.45) is 0 Å². The molecule has 122 valence electrons. The molecule has 1 aliphatic rings. The molecule has 0 radical (unpaired) electrons. The number of nitrogens with one attached hydrogen (secondary N) is 1. The molecule has 2 rings (SSSR count). The van der Waals surface area contributed by atoms with E-state index in [0.29, 0.717) is 26.3 Å². The molecule has 1 amide bonds. The second kappa shape index (κ2) is 7.83. The Morgan fingerprint density at radius 1 is 1.32 bits per heavy atom. The van der Waals surface area contributed by atoms with Gasteiger partial charge in [0.1, 0.15) is 13.2 Å². The monoisotopic (exact) mass is 370 g/mol. The lowest BCUT2D eigenvalue weighted by Gasteiger charge is -2.24. The summed E-state index contributed by atoms with van der Waals surface area (Å²) in [6.07, 6.45) is 0. The van der Waals surface area contributed by atoms with Gasteiger partial charge < -0.3 is 14.8 Å². The van der Waals surface area contributed by atoms with Gasteiger partial charge in [0.25, 0.3) is 0 Å². The molecule has 6 heteroatoms. The van der Waals surface area contributed by atoms with E-state index in [1.165, 1.54) is 0 Å². The van der Waals surface area contributed by atoms with Gasteiger partial charge in [-0.3, -0.25) is 9.69 Å². The molecular weight excluding hydrogens is 348 g/mol. The van der Waals surface area contributed by atoms with Gasteiger partial charge in [0, 0.05) is 17.1 Å². The number of amides is 1. The van der Waals surface area contributed by atoms with Crippen molar-refractivity contribution >= 4 is 21.8 Å². The van der Waals surface area contributed by atoms with Crippen molar-refractivity contribution in [3.8, 4) is 11.5 Å². The van der Waals surface area contributed by atoms with Gasteiger partial charge >= 0.3 is 0 Å². The molecule has 0 aromatic heterocycles. The predicted molar refractivity (Wildman–Crippen MR) is 89.4 cm³/mol. The summed E-state index contributed by atoms with van der Waals surface area (Å²) in [4.78, 5) is 14.0. The zero-order valence-corrected chi connectivity index (χ0v) is 14.9. The third-order valence-electron chi connectivity index (χ3n) is 3.37. The number of halogens is 1. The molecular formula is C16H23BrN2O3. The second-order valence-corrected chi connectivity index (χ2v) is 6.47. The molecule has 22 heavy (non-hydrogen) atoms. The van der Waals surface area contributed by atoms with Crippen LogP contribution in [0.25, 0.3) is 0 Å². The molecule has 0 unspecified atom stereocenters. The van der Waals surface area contributed by atoms with Gasteiger partial charge in [-0.05, 0) is 38.1 Å². The van der Waals surface area contributed by atoms with Crippen molar-refractivity contribution in [2.45, 2.75) is 33.4 Å². The lowest BCUT2D eigenvalue weighted by Crippen LogP contribution is -2.39. The molecule has 1 aromatic rings. The fourth-order valence-electron chi connectivity index (χ4n) is 2.32. The molecule has 1 heterocycles. The van der Waals surface area contributed by atoms with Crippen LogP contribution in [0.15, 0.2) is 16.6 Å². The van der Waals surface area contributed by atoms with Crippen molar-refractivity contribution in [1.82, 2.24) is 10.2 Å². The van der Waals surface area contributed by atoms with Crippen LogP contribution in [-0.2, 0) is 11.3 Å². The molecule has 1 aromatic carbocycles. The molecule has 0 saturated carbocycles. The van der Waals surface area contributed by atoms with E-state index in [-0.39, 0.29) is 11.9 Å². The number of likely N-dealkylation sites (N-methyl/N-ethyl adjacent to an activating group) is 1. The van der Waals surface area contributed by atoms with Crippen LogP contribution >= 0.6 is 15.9 Å². The summed E-state index contributed by atoms with van der Waals surface area (Å²) in [5.41, 5.74) is 1.09. The molecule has 0 fully saturated rings. The van der Waals surface area contributed by atoms with E-state index in [2.05, 4.69) is 33.1 Å². The van der Waals surface area contributed by atoms with Crippen molar-refractivity contribution in [2.75, 3.05) is 26.3 Å². The Kier molecular flexibility index (Phi) is 6.08. The fraction of sp³-hybridized carbons (Fsp3) is 0.562. The maximum Gasteiger partial charge on any atom is 0.234 e. The van der Waals surface area contributed by atoms with Crippen molar-refractivity contribution in [3.63, 3.8) is 0 Å². The van der Waals surface area contributed by atoms with Gasteiger partial charge in [-0.1, -0.05) is 22.9 Å². The smallest absolute Gasteiger partial charge is 0.234 e. The molecule has 0 atom stereocenters. The summed E-state index contributed by atoms with van der Waals surface area (Å²) in [5, 5.41) is 2.92. The first-order valence-electron chi connectivity index (χ1n) is 7.59. The van der Waals surface area contributed by atoms with Crippen LogP contribution < -0.4 is 14.8 Å². The number of rotatable bonds is 6. The van der Waals surface area contributed by atoms with E-state index >= 15 is 0 Å². The van der Waals surface area contributed by atoms with Crippen LogP contribution in [0.4, 0.5) is 0 Å². The summed E-state index contributed by atoms with van der Waals surface area (Å²) in [7, 11) is 0. The maximum atomic E-state index is 11.9. The van der Waals surface area contributed by atoms with Crippen molar-refractivity contribution in [1.29, 1.82) is 0 Å². The topological polar surface area (TPSA) is 50.8 Å². The van der Waals surface area contributed by atoms with Gasteiger partial charge in [0.2, 0.25) is 5.91 Å². The third kappa shape index (κ3) is 4.61. The summed E-state index contributed by atoms with van der Waals surface area (Å²) >= 11 is 3.58. The number of hydrogen-bond acceptors (Lipinski definition) is 4. The van der Waals surface area contributed by atoms with Crippen LogP contribution in [0.5, 0.6) is 11.5 Å². The zero-order chi connectivity index (χ0) is 16.1. The quantitative estimate of drug-likeness (QED) is 0.835. The van der Waals surface area contributed by atoms with Gasteiger partial charge in [-0.2, -0.15) is 0 Å². The summed E-state index contributed by atoms with van der Waals surface area (Å²) in [5.74, 6) is 1.58. The molecule has 5 nitrogen and oxygen atoms in total. The van der Waals surface area contributed by atoms with Crippen molar-refractivity contribution < 1.29 is 14.3 Å². The Bertz CT molecular complexity index is 534. The Labute approximate surface area is 140 Å². The van der Waals surface area contributed by atoms with E-state index in [0.717, 1.165) is 28.1 Å². The van der Waals surface area contributed by atoms with Crippen LogP contribution in [0.3, 0.4) is 0 Å². The summed E-state index contributed by atoms with van der Waals surface area (Å²) in [6.45, 7) is 8.99. The largest absolute Gasteiger partial charge is 0.486 e. The van der Waals surface area contributed by atoms with Crippen LogP contribution in [0.1, 0.15) is 26.3 Å². The predicted octanol–water partition coefficient (Wildman–Crippen LogP) is 2.57. The number of fused-ring (bicyclic) bond motifs is 1. The Morgan fingerprint density at radius 2 is 1.95 bits per heavy atom. The highest BCUT2D eigenvalue weighted by Gasteiger charge is 2.17. The van der Waals surface area contributed by atoms with E-state index < -0.39 is 0 Å². The van der Waals surface area contributed by atoms with E-state index in [1.807, 2.05) is 26.0 Å². The average Bonchev–Trinajstić information content (AvgIpc) is 2.46. The minimum Gasteiger partial charge on any atom is -0.486 e. The minimum atomic E-state index is 0.0468. The number of carbonyl (C=O) groups excluding carboxylic acids is 1. The van der Waals surface area contributed by atoms with Gasteiger partial charge in [0.15, 0.2) is 11.5 Å². The minimum absolute atomic E-state index is 0.0468. The molecule has 0 spiro atoms. The Morgan fingerprint density at radius 3 is 2.55 bits per heavy atom. The first-order chi connectivity index (χ1) is 10.5. The number of carbonyl (C=O) groups is 1. The molecule has 1 N–H and O–H groups in total.